The molecule has 2 heterocycles. The van der Waals surface area contributed by atoms with Crippen LogP contribution >= 0.6 is 23.1 Å². The van der Waals surface area contributed by atoms with E-state index in [9.17, 15) is 8.78 Å². The van der Waals surface area contributed by atoms with Crippen LogP contribution in [0.4, 0.5) is 8.78 Å². The standard InChI is InChI=1S/C9H9F2N3S2/c10-7(11)5-16-9-12-8(13-14-9)4-6-2-1-3-15-6/h1-3,7H,4-5H2,(H,12,13,14). The molecule has 0 spiro atoms. The number of halogens is 2. The fourth-order valence-corrected chi connectivity index (χ4v) is 2.41. The molecule has 86 valence electrons. The average Bonchev–Trinajstić information content (AvgIpc) is 2.87. The Balaban J connectivity index is 1.92. The maximum atomic E-state index is 11.9. The zero-order chi connectivity index (χ0) is 11.4. The molecule has 2 aromatic rings. The van der Waals surface area contributed by atoms with Crippen LogP contribution in [0.3, 0.4) is 0 Å². The number of nitrogens with zero attached hydrogens (tertiary/aromatic N) is 2. The number of thiophene rings is 1. The van der Waals surface area contributed by atoms with Crippen LogP contribution in [0.1, 0.15) is 10.7 Å². The van der Waals surface area contributed by atoms with Crippen LogP contribution in [0.5, 0.6) is 0 Å². The van der Waals surface area contributed by atoms with E-state index in [-0.39, 0.29) is 5.75 Å². The van der Waals surface area contributed by atoms with Gasteiger partial charge in [0, 0.05) is 11.3 Å². The lowest BCUT2D eigenvalue weighted by molar-refractivity contribution is 0.176. The summed E-state index contributed by atoms with van der Waals surface area (Å²) in [6.45, 7) is 0. The number of hydrogen-bond donors (Lipinski definition) is 1. The molecular formula is C9H9F2N3S2. The molecule has 0 saturated carbocycles. The Morgan fingerprint density at radius 1 is 1.50 bits per heavy atom. The van der Waals surface area contributed by atoms with E-state index in [0.717, 1.165) is 11.8 Å². The molecule has 2 rings (SSSR count). The average molecular weight is 261 g/mol. The molecule has 0 unspecified atom stereocenters. The van der Waals surface area contributed by atoms with Gasteiger partial charge in [-0.1, -0.05) is 17.8 Å². The SMILES string of the molecule is FC(F)CSc1n[nH]c(Cc2cccs2)n1. The molecule has 0 saturated heterocycles. The molecule has 0 fully saturated rings. The lowest BCUT2D eigenvalue weighted by Gasteiger charge is -1.93. The zero-order valence-electron chi connectivity index (χ0n) is 8.19. The van der Waals surface area contributed by atoms with Crippen molar-refractivity contribution < 1.29 is 8.78 Å². The van der Waals surface area contributed by atoms with Gasteiger partial charge in [-0.25, -0.2) is 13.8 Å². The van der Waals surface area contributed by atoms with Gasteiger partial charge in [-0.15, -0.1) is 16.4 Å². The van der Waals surface area contributed by atoms with Crippen molar-refractivity contribution in [1.29, 1.82) is 0 Å². The number of aromatic amines is 1. The summed E-state index contributed by atoms with van der Waals surface area (Å²) < 4.78 is 23.9. The van der Waals surface area contributed by atoms with Crippen LogP contribution in [-0.4, -0.2) is 27.4 Å². The van der Waals surface area contributed by atoms with Gasteiger partial charge >= 0.3 is 0 Å². The largest absolute Gasteiger partial charge is 0.262 e. The van der Waals surface area contributed by atoms with Crippen molar-refractivity contribution in [2.24, 2.45) is 0 Å². The number of rotatable bonds is 5. The highest BCUT2D eigenvalue weighted by Crippen LogP contribution is 2.17. The van der Waals surface area contributed by atoms with Crippen molar-refractivity contribution in [3.05, 3.63) is 28.2 Å². The summed E-state index contributed by atoms with van der Waals surface area (Å²) in [4.78, 5) is 5.29. The molecule has 0 atom stereocenters. The second kappa shape index (κ2) is 5.40. The van der Waals surface area contributed by atoms with Gasteiger partial charge in [0.2, 0.25) is 11.6 Å². The van der Waals surface area contributed by atoms with E-state index in [0.29, 0.717) is 17.4 Å². The Kier molecular flexibility index (Phi) is 3.89. The maximum Gasteiger partial charge on any atom is 0.248 e. The lowest BCUT2D eigenvalue weighted by atomic mass is 10.3. The Morgan fingerprint density at radius 2 is 2.38 bits per heavy atom. The number of H-pyrrole nitrogens is 1. The van der Waals surface area contributed by atoms with E-state index in [1.165, 1.54) is 4.88 Å². The Morgan fingerprint density at radius 3 is 3.06 bits per heavy atom. The molecule has 0 radical (unpaired) electrons. The topological polar surface area (TPSA) is 41.6 Å². The molecule has 1 N–H and O–H groups in total. The van der Waals surface area contributed by atoms with Crippen molar-refractivity contribution in [1.82, 2.24) is 15.2 Å². The zero-order valence-corrected chi connectivity index (χ0v) is 9.82. The van der Waals surface area contributed by atoms with Crippen molar-refractivity contribution in [2.45, 2.75) is 18.0 Å². The summed E-state index contributed by atoms with van der Waals surface area (Å²) in [5.74, 6) is 0.440. The highest BCUT2D eigenvalue weighted by Gasteiger charge is 2.08. The van der Waals surface area contributed by atoms with Crippen LogP contribution in [0.2, 0.25) is 0 Å². The van der Waals surface area contributed by atoms with Crippen molar-refractivity contribution >= 4 is 23.1 Å². The summed E-state index contributed by atoms with van der Waals surface area (Å²) in [6.07, 6.45) is -1.66. The molecular weight excluding hydrogens is 252 g/mol. The van der Waals surface area contributed by atoms with Gasteiger partial charge in [-0.3, -0.25) is 5.10 Å². The number of hydrogen-bond acceptors (Lipinski definition) is 4. The van der Waals surface area contributed by atoms with E-state index in [2.05, 4.69) is 15.2 Å². The first-order chi connectivity index (χ1) is 7.74. The van der Waals surface area contributed by atoms with E-state index >= 15 is 0 Å². The number of alkyl halides is 2. The smallest absolute Gasteiger partial charge is 0.248 e. The summed E-state index contributed by atoms with van der Waals surface area (Å²) >= 11 is 2.59. The minimum atomic E-state index is -2.33. The fourth-order valence-electron chi connectivity index (χ4n) is 1.14. The Labute approximate surface area is 99.3 Å². The molecule has 3 nitrogen and oxygen atoms in total. The van der Waals surface area contributed by atoms with Gasteiger partial charge in [0.05, 0.1) is 5.75 Å². The second-order valence-electron chi connectivity index (χ2n) is 3.02. The van der Waals surface area contributed by atoms with Gasteiger partial charge in [-0.05, 0) is 11.4 Å². The van der Waals surface area contributed by atoms with Crippen molar-refractivity contribution in [3.63, 3.8) is 0 Å². The van der Waals surface area contributed by atoms with Gasteiger partial charge in [0.15, 0.2) is 0 Å². The lowest BCUT2D eigenvalue weighted by Crippen LogP contribution is -1.94. The predicted molar refractivity (Wildman–Crippen MR) is 60.2 cm³/mol. The molecule has 16 heavy (non-hydrogen) atoms. The third-order valence-electron chi connectivity index (χ3n) is 1.77. The quantitative estimate of drug-likeness (QED) is 0.841. The third-order valence-corrected chi connectivity index (χ3v) is 3.51. The first-order valence-corrected chi connectivity index (χ1v) is 6.45. The van der Waals surface area contributed by atoms with E-state index < -0.39 is 6.43 Å². The Bertz CT molecular complexity index is 428. The van der Waals surface area contributed by atoms with Crippen LogP contribution < -0.4 is 0 Å². The third kappa shape index (κ3) is 3.28. The second-order valence-corrected chi connectivity index (χ2v) is 5.04. The van der Waals surface area contributed by atoms with Crippen LogP contribution in [0.15, 0.2) is 22.7 Å². The first kappa shape index (κ1) is 11.5. The molecule has 0 aliphatic heterocycles. The minimum Gasteiger partial charge on any atom is -0.262 e. The predicted octanol–water partition coefficient (Wildman–Crippen LogP) is 2.81. The summed E-state index contributed by atoms with van der Waals surface area (Å²) in [5, 5.41) is 8.98. The summed E-state index contributed by atoms with van der Waals surface area (Å²) in [5.41, 5.74) is 0. The normalized spacial score (nSPS) is 11.2. The minimum absolute atomic E-state index is 0.268. The van der Waals surface area contributed by atoms with Gasteiger partial charge in [0.25, 0.3) is 0 Å². The van der Waals surface area contributed by atoms with Gasteiger partial charge in [0.1, 0.15) is 5.82 Å². The van der Waals surface area contributed by atoms with E-state index in [1.54, 1.807) is 11.3 Å². The molecule has 0 aliphatic carbocycles. The molecule has 0 bridgehead atoms. The number of nitrogens with one attached hydrogen (secondary N) is 1. The number of aromatic nitrogens is 3. The molecule has 2 aromatic heterocycles. The molecule has 0 aliphatic rings. The molecule has 0 amide bonds. The maximum absolute atomic E-state index is 11.9. The van der Waals surface area contributed by atoms with Crippen LogP contribution in [0, 0.1) is 0 Å². The summed E-state index contributed by atoms with van der Waals surface area (Å²) in [6, 6.07) is 3.96. The van der Waals surface area contributed by atoms with Crippen molar-refractivity contribution in [3.8, 4) is 0 Å². The molecule has 7 heteroatoms. The van der Waals surface area contributed by atoms with Crippen LogP contribution in [-0.2, 0) is 6.42 Å². The summed E-state index contributed by atoms with van der Waals surface area (Å²) in [7, 11) is 0. The van der Waals surface area contributed by atoms with E-state index in [4.69, 9.17) is 0 Å². The monoisotopic (exact) mass is 261 g/mol. The highest BCUT2D eigenvalue weighted by molar-refractivity contribution is 7.99. The van der Waals surface area contributed by atoms with Crippen LogP contribution in [0.25, 0.3) is 0 Å². The highest BCUT2D eigenvalue weighted by atomic mass is 32.2. The van der Waals surface area contributed by atoms with Crippen molar-refractivity contribution in [2.75, 3.05) is 5.75 Å². The van der Waals surface area contributed by atoms with Gasteiger partial charge < -0.3 is 0 Å². The van der Waals surface area contributed by atoms with E-state index in [1.807, 2.05) is 17.5 Å². The Hall–Kier alpha value is -0.950. The van der Waals surface area contributed by atoms with Gasteiger partial charge in [-0.2, -0.15) is 0 Å². The number of thioether (sulfide) groups is 1. The fraction of sp³-hybridized carbons (Fsp3) is 0.333. The first-order valence-electron chi connectivity index (χ1n) is 4.58. The molecule has 0 aromatic carbocycles.